The van der Waals surface area contributed by atoms with Crippen molar-refractivity contribution in [3.63, 3.8) is 0 Å². The van der Waals surface area contributed by atoms with Crippen molar-refractivity contribution in [3.05, 3.63) is 35.9 Å². The second kappa shape index (κ2) is 8.60. The van der Waals surface area contributed by atoms with Crippen LogP contribution in [0.15, 0.2) is 30.3 Å². The van der Waals surface area contributed by atoms with Gasteiger partial charge in [0.25, 0.3) is 0 Å². The van der Waals surface area contributed by atoms with Crippen molar-refractivity contribution in [3.8, 4) is 0 Å². The van der Waals surface area contributed by atoms with Crippen LogP contribution in [-0.2, 0) is 6.42 Å². The van der Waals surface area contributed by atoms with Crippen molar-refractivity contribution in [2.45, 2.75) is 43.8 Å². The molecule has 1 saturated heterocycles. The third kappa shape index (κ3) is 5.45. The average Bonchev–Trinajstić information content (AvgIpc) is 2.45. The molecule has 0 spiro atoms. The monoisotopic (exact) mass is 262 g/mol. The van der Waals surface area contributed by atoms with E-state index in [0.717, 1.165) is 18.3 Å². The molecule has 1 atom stereocenters. The lowest BCUT2D eigenvalue weighted by Gasteiger charge is -2.20. The molecule has 0 bridgehead atoms. The number of hydrogen-bond acceptors (Lipinski definition) is 1. The van der Waals surface area contributed by atoms with Crippen LogP contribution in [0, 0.1) is 0 Å². The normalized spacial score (nSPS) is 19.9. The van der Waals surface area contributed by atoms with Crippen LogP contribution in [0.2, 0.25) is 0 Å². The molecular formula is C16H24NS. The molecule has 1 nitrogen and oxygen atoms in total. The van der Waals surface area contributed by atoms with Crippen LogP contribution >= 0.6 is 11.8 Å². The molecule has 1 aromatic carbocycles. The first-order chi connectivity index (χ1) is 8.95. The summed E-state index contributed by atoms with van der Waals surface area (Å²) in [6.45, 7) is 2.19. The zero-order valence-corrected chi connectivity index (χ0v) is 12.0. The summed E-state index contributed by atoms with van der Waals surface area (Å²) in [5, 5.41) is 5.32. The minimum Gasteiger partial charge on any atom is -0.240 e. The maximum atomic E-state index is 4.49. The Morgan fingerprint density at radius 1 is 1.06 bits per heavy atom. The Kier molecular flexibility index (Phi) is 6.67. The number of thioether (sulfide) groups is 1. The molecule has 2 heteroatoms. The van der Waals surface area contributed by atoms with Gasteiger partial charge in [0.2, 0.25) is 0 Å². The highest BCUT2D eigenvalue weighted by molar-refractivity contribution is 8.00. The van der Waals surface area contributed by atoms with Gasteiger partial charge < -0.3 is 0 Å². The fraction of sp³-hybridized carbons (Fsp3) is 0.625. The summed E-state index contributed by atoms with van der Waals surface area (Å²) in [5.74, 6) is 1.25. The fourth-order valence-corrected chi connectivity index (χ4v) is 3.56. The molecule has 1 fully saturated rings. The van der Waals surface area contributed by atoms with E-state index in [0.29, 0.717) is 0 Å². The van der Waals surface area contributed by atoms with Crippen LogP contribution in [0.1, 0.15) is 37.7 Å². The molecule has 99 valence electrons. The summed E-state index contributed by atoms with van der Waals surface area (Å²) in [6, 6.07) is 10.8. The van der Waals surface area contributed by atoms with Gasteiger partial charge in [-0.2, -0.15) is 11.8 Å². The van der Waals surface area contributed by atoms with Crippen molar-refractivity contribution in [2.24, 2.45) is 0 Å². The molecule has 0 aliphatic carbocycles. The lowest BCUT2D eigenvalue weighted by atomic mass is 10.0. The molecular weight excluding hydrogens is 238 g/mol. The third-order valence-electron chi connectivity index (χ3n) is 3.52. The van der Waals surface area contributed by atoms with E-state index in [1.807, 2.05) is 0 Å². The second-order valence-corrected chi connectivity index (χ2v) is 6.47. The Bertz CT molecular complexity index is 306. The lowest BCUT2D eigenvalue weighted by molar-refractivity contribution is 0.568. The van der Waals surface area contributed by atoms with Crippen molar-refractivity contribution >= 4 is 11.8 Å². The Balaban J connectivity index is 1.46. The summed E-state index contributed by atoms with van der Waals surface area (Å²) in [7, 11) is 0. The smallest absolute Gasteiger partial charge is 0.0253 e. The van der Waals surface area contributed by atoms with Gasteiger partial charge in [-0.25, -0.2) is 5.32 Å². The summed E-state index contributed by atoms with van der Waals surface area (Å²) in [5.41, 5.74) is 1.49. The highest BCUT2D eigenvalue weighted by Gasteiger charge is 2.13. The summed E-state index contributed by atoms with van der Waals surface area (Å²) >= 11 is 2.13. The van der Waals surface area contributed by atoms with Gasteiger partial charge in [0.05, 0.1) is 0 Å². The van der Waals surface area contributed by atoms with Gasteiger partial charge in [0, 0.05) is 24.1 Å². The molecule has 0 amide bonds. The van der Waals surface area contributed by atoms with E-state index < -0.39 is 0 Å². The maximum absolute atomic E-state index is 4.49. The first-order valence-electron chi connectivity index (χ1n) is 7.24. The maximum Gasteiger partial charge on any atom is 0.0253 e. The molecule has 1 aliphatic rings. The standard InChI is InChI=1S/C16H24NS/c1(4-8-15-9-5-3-6-10-15)2-7-11-16-14-17-12-13-18-16/h3,5-6,9-10,16H,1-2,4,7-8,11-14H2. The van der Waals surface area contributed by atoms with Crippen molar-refractivity contribution < 1.29 is 0 Å². The lowest BCUT2D eigenvalue weighted by Crippen LogP contribution is -2.27. The third-order valence-corrected chi connectivity index (χ3v) is 4.79. The first-order valence-corrected chi connectivity index (χ1v) is 8.29. The zero-order chi connectivity index (χ0) is 12.5. The molecule has 0 aromatic heterocycles. The van der Waals surface area contributed by atoms with Crippen molar-refractivity contribution in [1.82, 2.24) is 5.32 Å². The summed E-state index contributed by atoms with van der Waals surface area (Å²) in [4.78, 5) is 0. The highest BCUT2D eigenvalue weighted by Crippen LogP contribution is 2.20. The minimum atomic E-state index is 0.827. The predicted octanol–water partition coefficient (Wildman–Crippen LogP) is 3.90. The average molecular weight is 262 g/mol. The van der Waals surface area contributed by atoms with Crippen molar-refractivity contribution in [2.75, 3.05) is 18.8 Å². The Morgan fingerprint density at radius 3 is 2.67 bits per heavy atom. The fourth-order valence-electron chi connectivity index (χ4n) is 2.45. The van der Waals surface area contributed by atoms with Crippen LogP contribution in [0.3, 0.4) is 0 Å². The van der Waals surface area contributed by atoms with E-state index in [9.17, 15) is 0 Å². The largest absolute Gasteiger partial charge is 0.240 e. The quantitative estimate of drug-likeness (QED) is 0.680. The van der Waals surface area contributed by atoms with Crippen LogP contribution in [0.5, 0.6) is 0 Å². The number of nitrogens with zero attached hydrogens (tertiary/aromatic N) is 1. The van der Waals surface area contributed by atoms with Gasteiger partial charge >= 0.3 is 0 Å². The van der Waals surface area contributed by atoms with Gasteiger partial charge in [-0.15, -0.1) is 0 Å². The second-order valence-electron chi connectivity index (χ2n) is 5.06. The van der Waals surface area contributed by atoms with Crippen LogP contribution < -0.4 is 5.32 Å². The number of benzene rings is 1. The molecule has 18 heavy (non-hydrogen) atoms. The van der Waals surface area contributed by atoms with E-state index in [1.54, 1.807) is 0 Å². The SMILES string of the molecule is c1ccc(CCCCCCC2C[N]CCS2)cc1. The van der Waals surface area contributed by atoms with Crippen molar-refractivity contribution in [1.29, 1.82) is 0 Å². The summed E-state index contributed by atoms with van der Waals surface area (Å²) in [6.07, 6.45) is 8.12. The van der Waals surface area contributed by atoms with E-state index in [-0.39, 0.29) is 0 Å². The molecule has 1 unspecified atom stereocenters. The molecule has 1 radical (unpaired) electrons. The minimum absolute atomic E-state index is 0.827. The molecule has 1 aliphatic heterocycles. The molecule has 0 N–H and O–H groups in total. The van der Waals surface area contributed by atoms with E-state index >= 15 is 0 Å². The highest BCUT2D eigenvalue weighted by atomic mass is 32.2. The Labute approximate surface area is 116 Å². The van der Waals surface area contributed by atoms with E-state index in [1.165, 1.54) is 49.8 Å². The molecule has 2 rings (SSSR count). The zero-order valence-electron chi connectivity index (χ0n) is 11.2. The predicted molar refractivity (Wildman–Crippen MR) is 81.3 cm³/mol. The van der Waals surface area contributed by atoms with Crippen LogP contribution in [0.4, 0.5) is 0 Å². The Hall–Kier alpha value is -0.470. The van der Waals surface area contributed by atoms with Gasteiger partial charge in [-0.05, 0) is 24.8 Å². The topological polar surface area (TPSA) is 14.1 Å². The van der Waals surface area contributed by atoms with E-state index in [4.69, 9.17) is 0 Å². The molecule has 1 aromatic rings. The van der Waals surface area contributed by atoms with Gasteiger partial charge in [0.15, 0.2) is 0 Å². The number of aryl methyl sites for hydroxylation is 1. The number of unbranched alkanes of at least 4 members (excludes halogenated alkanes) is 3. The molecule has 0 saturated carbocycles. The molecule has 1 heterocycles. The number of hydrogen-bond donors (Lipinski definition) is 0. The Morgan fingerprint density at radius 2 is 1.89 bits per heavy atom. The van der Waals surface area contributed by atoms with Gasteiger partial charge in [-0.1, -0.05) is 49.6 Å². The van der Waals surface area contributed by atoms with E-state index in [2.05, 4.69) is 47.4 Å². The number of rotatable bonds is 7. The summed E-state index contributed by atoms with van der Waals surface area (Å²) < 4.78 is 0. The van der Waals surface area contributed by atoms with Gasteiger partial charge in [0.1, 0.15) is 0 Å². The van der Waals surface area contributed by atoms with Crippen LogP contribution in [-0.4, -0.2) is 24.1 Å². The first kappa shape index (κ1) is 14.0. The van der Waals surface area contributed by atoms with Crippen LogP contribution in [0.25, 0.3) is 0 Å². The van der Waals surface area contributed by atoms with Gasteiger partial charge in [-0.3, -0.25) is 0 Å².